The van der Waals surface area contributed by atoms with Gasteiger partial charge in [-0.1, -0.05) is 6.92 Å². The molecule has 0 saturated carbocycles. The van der Waals surface area contributed by atoms with E-state index in [9.17, 15) is 0 Å². The van der Waals surface area contributed by atoms with E-state index in [1.165, 1.54) is 12.8 Å². The van der Waals surface area contributed by atoms with E-state index in [1.54, 1.807) is 10.4 Å². The summed E-state index contributed by atoms with van der Waals surface area (Å²) in [6.07, 6.45) is 2.44. The molecule has 1 aliphatic rings. The van der Waals surface area contributed by atoms with E-state index in [0.29, 0.717) is 6.04 Å². The summed E-state index contributed by atoms with van der Waals surface area (Å²) in [5, 5.41) is 5.73. The molecule has 1 aromatic heterocycles. The lowest BCUT2D eigenvalue weighted by Crippen LogP contribution is -2.27. The maximum absolute atomic E-state index is 3.52. The van der Waals surface area contributed by atoms with Gasteiger partial charge in [0.15, 0.2) is 0 Å². The summed E-state index contributed by atoms with van der Waals surface area (Å²) in [6.45, 7) is 3.40. The number of rotatable bonds is 1. The Hall–Kier alpha value is -0.340. The lowest BCUT2D eigenvalue weighted by atomic mass is 10.0. The monoisotopic (exact) mass is 167 g/mol. The minimum atomic E-state index is 0.630. The molecule has 2 heteroatoms. The van der Waals surface area contributed by atoms with Crippen molar-refractivity contribution in [2.45, 2.75) is 25.8 Å². The number of nitrogens with one attached hydrogen (secondary N) is 1. The van der Waals surface area contributed by atoms with Crippen LogP contribution in [0.4, 0.5) is 0 Å². The lowest BCUT2D eigenvalue weighted by Gasteiger charge is -2.22. The van der Waals surface area contributed by atoms with Crippen molar-refractivity contribution >= 4 is 11.3 Å². The van der Waals surface area contributed by atoms with Crippen LogP contribution >= 0.6 is 11.3 Å². The van der Waals surface area contributed by atoms with E-state index in [2.05, 4.69) is 23.7 Å². The summed E-state index contributed by atoms with van der Waals surface area (Å²) in [7, 11) is 0. The Morgan fingerprint density at radius 1 is 1.73 bits per heavy atom. The molecule has 1 N–H and O–H groups in total. The highest BCUT2D eigenvalue weighted by molar-refractivity contribution is 7.10. The van der Waals surface area contributed by atoms with Crippen LogP contribution in [0.25, 0.3) is 0 Å². The van der Waals surface area contributed by atoms with Crippen molar-refractivity contribution in [1.29, 1.82) is 0 Å². The first-order valence-electron chi connectivity index (χ1n) is 4.21. The average molecular weight is 167 g/mol. The predicted octanol–water partition coefficient (Wildman–Crippen LogP) is 2.34. The smallest absolute Gasteiger partial charge is 0.0328 e. The Morgan fingerprint density at radius 3 is 3.45 bits per heavy atom. The fourth-order valence-electron chi connectivity index (χ4n) is 1.70. The Labute approximate surface area is 71.4 Å². The summed E-state index contributed by atoms with van der Waals surface area (Å²) < 4.78 is 0. The average Bonchev–Trinajstić information content (AvgIpc) is 2.50. The summed E-state index contributed by atoms with van der Waals surface area (Å²) >= 11 is 1.90. The molecular formula is C9H13NS. The molecule has 11 heavy (non-hydrogen) atoms. The Kier molecular flexibility index (Phi) is 1.96. The summed E-state index contributed by atoms with van der Waals surface area (Å²) in [4.78, 5) is 1.59. The third kappa shape index (κ3) is 1.21. The van der Waals surface area contributed by atoms with E-state index in [4.69, 9.17) is 0 Å². The molecule has 1 aliphatic heterocycles. The van der Waals surface area contributed by atoms with Crippen LogP contribution in [0, 0.1) is 0 Å². The summed E-state index contributed by atoms with van der Waals surface area (Å²) in [6, 6.07) is 2.89. The predicted molar refractivity (Wildman–Crippen MR) is 49.1 cm³/mol. The van der Waals surface area contributed by atoms with E-state index in [-0.39, 0.29) is 0 Å². The molecule has 0 bridgehead atoms. The van der Waals surface area contributed by atoms with Crippen molar-refractivity contribution in [3.63, 3.8) is 0 Å². The molecule has 0 fully saturated rings. The quantitative estimate of drug-likeness (QED) is 0.677. The maximum Gasteiger partial charge on any atom is 0.0328 e. The molecule has 0 radical (unpaired) electrons. The van der Waals surface area contributed by atoms with E-state index in [1.807, 2.05) is 11.3 Å². The van der Waals surface area contributed by atoms with Gasteiger partial charge in [-0.2, -0.15) is 0 Å². The highest BCUT2D eigenvalue weighted by atomic mass is 32.1. The molecule has 0 spiro atoms. The van der Waals surface area contributed by atoms with Crippen molar-refractivity contribution in [2.24, 2.45) is 0 Å². The molecule has 0 aliphatic carbocycles. The molecule has 0 aromatic carbocycles. The Balaban J connectivity index is 2.32. The highest BCUT2D eigenvalue weighted by Gasteiger charge is 2.17. The zero-order valence-electron chi connectivity index (χ0n) is 6.76. The van der Waals surface area contributed by atoms with Gasteiger partial charge < -0.3 is 5.32 Å². The van der Waals surface area contributed by atoms with Crippen molar-refractivity contribution in [3.8, 4) is 0 Å². The molecule has 1 nitrogen and oxygen atoms in total. The number of fused-ring (bicyclic) bond motifs is 1. The topological polar surface area (TPSA) is 12.0 Å². The summed E-state index contributed by atoms with van der Waals surface area (Å²) in [5.41, 5.74) is 1.55. The van der Waals surface area contributed by atoms with E-state index in [0.717, 1.165) is 6.54 Å². The standard InChI is InChI=1S/C9H13NS/c1-2-8-7-4-6-11-9(7)3-5-10-8/h4,6,8,10H,2-3,5H2,1H3/t8-/m0/s1. The minimum absolute atomic E-state index is 0.630. The molecule has 0 amide bonds. The first kappa shape index (κ1) is 7.32. The van der Waals surface area contributed by atoms with Crippen LogP contribution in [-0.2, 0) is 6.42 Å². The van der Waals surface area contributed by atoms with Crippen LogP contribution in [0.1, 0.15) is 29.8 Å². The fraction of sp³-hybridized carbons (Fsp3) is 0.556. The zero-order valence-corrected chi connectivity index (χ0v) is 7.58. The molecule has 2 heterocycles. The lowest BCUT2D eigenvalue weighted by molar-refractivity contribution is 0.498. The van der Waals surface area contributed by atoms with Gasteiger partial charge in [0.2, 0.25) is 0 Å². The number of thiophene rings is 1. The largest absolute Gasteiger partial charge is 0.310 e. The van der Waals surface area contributed by atoms with Crippen LogP contribution in [0.2, 0.25) is 0 Å². The van der Waals surface area contributed by atoms with Gasteiger partial charge in [0.25, 0.3) is 0 Å². The van der Waals surface area contributed by atoms with Gasteiger partial charge in [0, 0.05) is 17.5 Å². The fourth-order valence-corrected chi connectivity index (χ4v) is 2.64. The van der Waals surface area contributed by atoms with Crippen LogP contribution in [0.15, 0.2) is 11.4 Å². The highest BCUT2D eigenvalue weighted by Crippen LogP contribution is 2.28. The molecule has 60 valence electrons. The third-order valence-electron chi connectivity index (χ3n) is 2.31. The Morgan fingerprint density at radius 2 is 2.64 bits per heavy atom. The molecule has 0 saturated heterocycles. The number of hydrogen-bond donors (Lipinski definition) is 1. The van der Waals surface area contributed by atoms with Gasteiger partial charge in [-0.15, -0.1) is 11.3 Å². The molecule has 2 rings (SSSR count). The second-order valence-electron chi connectivity index (χ2n) is 2.96. The van der Waals surface area contributed by atoms with Gasteiger partial charge in [-0.3, -0.25) is 0 Å². The normalized spacial score (nSPS) is 23.2. The number of hydrogen-bond acceptors (Lipinski definition) is 2. The van der Waals surface area contributed by atoms with Crippen molar-refractivity contribution in [2.75, 3.05) is 6.54 Å². The maximum atomic E-state index is 3.52. The zero-order chi connectivity index (χ0) is 7.68. The van der Waals surface area contributed by atoms with Crippen LogP contribution in [0.3, 0.4) is 0 Å². The Bertz CT molecular complexity index is 241. The SMILES string of the molecule is CC[C@@H]1NCCc2sccc21. The van der Waals surface area contributed by atoms with Gasteiger partial charge in [0.1, 0.15) is 0 Å². The van der Waals surface area contributed by atoms with Gasteiger partial charge in [0.05, 0.1) is 0 Å². The van der Waals surface area contributed by atoms with Crippen molar-refractivity contribution in [1.82, 2.24) is 5.32 Å². The van der Waals surface area contributed by atoms with Crippen LogP contribution in [-0.4, -0.2) is 6.54 Å². The van der Waals surface area contributed by atoms with Crippen molar-refractivity contribution in [3.05, 3.63) is 21.9 Å². The van der Waals surface area contributed by atoms with Gasteiger partial charge in [-0.05, 0) is 29.9 Å². The van der Waals surface area contributed by atoms with Crippen molar-refractivity contribution < 1.29 is 0 Å². The van der Waals surface area contributed by atoms with E-state index >= 15 is 0 Å². The first-order chi connectivity index (χ1) is 5.42. The second-order valence-corrected chi connectivity index (χ2v) is 3.96. The first-order valence-corrected chi connectivity index (χ1v) is 5.09. The van der Waals surface area contributed by atoms with Gasteiger partial charge in [-0.25, -0.2) is 0 Å². The molecule has 1 aromatic rings. The van der Waals surface area contributed by atoms with Gasteiger partial charge >= 0.3 is 0 Å². The van der Waals surface area contributed by atoms with Crippen LogP contribution in [0.5, 0.6) is 0 Å². The third-order valence-corrected chi connectivity index (χ3v) is 3.30. The van der Waals surface area contributed by atoms with E-state index < -0.39 is 0 Å². The molecule has 0 unspecified atom stereocenters. The second kappa shape index (κ2) is 2.95. The molecule has 1 atom stereocenters. The molecular weight excluding hydrogens is 154 g/mol. The van der Waals surface area contributed by atoms with Crippen LogP contribution < -0.4 is 5.32 Å². The summed E-state index contributed by atoms with van der Waals surface area (Å²) in [5.74, 6) is 0. The minimum Gasteiger partial charge on any atom is -0.310 e.